The van der Waals surface area contributed by atoms with E-state index < -0.39 is 0 Å². The van der Waals surface area contributed by atoms with Gasteiger partial charge in [0.15, 0.2) is 5.78 Å². The third-order valence-electron chi connectivity index (χ3n) is 2.64. The van der Waals surface area contributed by atoms with Crippen molar-refractivity contribution in [3.05, 3.63) is 35.4 Å². The van der Waals surface area contributed by atoms with E-state index in [-0.39, 0.29) is 11.7 Å². The first-order valence-electron chi connectivity index (χ1n) is 5.38. The van der Waals surface area contributed by atoms with Crippen LogP contribution in [0.2, 0.25) is 0 Å². The highest BCUT2D eigenvalue weighted by atomic mass is 35.5. The van der Waals surface area contributed by atoms with Crippen molar-refractivity contribution in [1.82, 2.24) is 0 Å². The normalized spacial score (nSPS) is 12.5. The fourth-order valence-corrected chi connectivity index (χ4v) is 1.83. The Morgan fingerprint density at radius 3 is 2.40 bits per heavy atom. The van der Waals surface area contributed by atoms with Crippen LogP contribution in [-0.2, 0) is 0 Å². The molecule has 0 radical (unpaired) electrons. The number of ketones is 1. The lowest BCUT2D eigenvalue weighted by molar-refractivity contribution is 0.102. The summed E-state index contributed by atoms with van der Waals surface area (Å²) in [5.41, 5.74) is 2.00. The fraction of sp³-hybridized carbons (Fsp3) is 0.462. The van der Waals surface area contributed by atoms with Gasteiger partial charge < -0.3 is 0 Å². The van der Waals surface area contributed by atoms with Crippen LogP contribution in [0.25, 0.3) is 0 Å². The van der Waals surface area contributed by atoms with Gasteiger partial charge in [-0.2, -0.15) is 0 Å². The lowest BCUT2D eigenvalue weighted by Crippen LogP contribution is -2.01. The predicted octanol–water partition coefficient (Wildman–Crippen LogP) is 4.01. The summed E-state index contributed by atoms with van der Waals surface area (Å²) in [6, 6.07) is 7.79. The number of hydrogen-bond donors (Lipinski definition) is 0. The molecular formula is C13H17ClO. The second kappa shape index (κ2) is 5.92. The molecule has 82 valence electrons. The van der Waals surface area contributed by atoms with E-state index in [1.807, 2.05) is 24.3 Å². The number of halogens is 1. The van der Waals surface area contributed by atoms with Gasteiger partial charge in [0.25, 0.3) is 0 Å². The number of carbonyl (C=O) groups excluding carboxylic acids is 1. The number of benzene rings is 1. The van der Waals surface area contributed by atoms with Crippen molar-refractivity contribution < 1.29 is 4.79 Å². The molecule has 1 aromatic carbocycles. The number of carbonyl (C=O) groups is 1. The molecular weight excluding hydrogens is 208 g/mol. The van der Waals surface area contributed by atoms with Crippen molar-refractivity contribution >= 4 is 17.4 Å². The van der Waals surface area contributed by atoms with Crippen LogP contribution in [0.5, 0.6) is 0 Å². The van der Waals surface area contributed by atoms with E-state index >= 15 is 0 Å². The van der Waals surface area contributed by atoms with E-state index in [0.717, 1.165) is 0 Å². The van der Waals surface area contributed by atoms with Gasteiger partial charge in [0.05, 0.1) is 5.88 Å². The van der Waals surface area contributed by atoms with Crippen molar-refractivity contribution in [2.75, 3.05) is 5.88 Å². The van der Waals surface area contributed by atoms with Gasteiger partial charge in [0.2, 0.25) is 0 Å². The van der Waals surface area contributed by atoms with Crippen LogP contribution >= 0.6 is 11.6 Å². The zero-order chi connectivity index (χ0) is 11.3. The summed E-state index contributed by atoms with van der Waals surface area (Å²) in [7, 11) is 0. The van der Waals surface area contributed by atoms with E-state index in [9.17, 15) is 4.79 Å². The summed E-state index contributed by atoms with van der Waals surface area (Å²) in [6.45, 7) is 4.39. The van der Waals surface area contributed by atoms with Crippen molar-refractivity contribution in [1.29, 1.82) is 0 Å². The van der Waals surface area contributed by atoms with Gasteiger partial charge >= 0.3 is 0 Å². The lowest BCUT2D eigenvalue weighted by atomic mass is 9.95. The van der Waals surface area contributed by atoms with Crippen LogP contribution in [0.15, 0.2) is 24.3 Å². The molecule has 1 rings (SSSR count). The Morgan fingerprint density at radius 1 is 1.33 bits per heavy atom. The van der Waals surface area contributed by atoms with E-state index in [4.69, 9.17) is 11.6 Å². The monoisotopic (exact) mass is 224 g/mol. The SMILES string of the molecule is CCC[C@H](C)c1ccc(C(=O)CCl)cc1. The minimum atomic E-state index is -0.00800. The second-order valence-electron chi connectivity index (χ2n) is 3.87. The standard InChI is InChI=1S/C13H17ClO/c1-3-4-10(2)11-5-7-12(8-6-11)13(15)9-14/h5-8,10H,3-4,9H2,1-2H3/t10-/m0/s1. The van der Waals surface area contributed by atoms with Crippen molar-refractivity contribution in [2.45, 2.75) is 32.6 Å². The molecule has 15 heavy (non-hydrogen) atoms. The van der Waals surface area contributed by atoms with Gasteiger partial charge in [-0.25, -0.2) is 0 Å². The Hall–Kier alpha value is -0.820. The number of hydrogen-bond acceptors (Lipinski definition) is 1. The summed E-state index contributed by atoms with van der Waals surface area (Å²) in [5, 5.41) is 0. The smallest absolute Gasteiger partial charge is 0.177 e. The Morgan fingerprint density at radius 2 is 1.93 bits per heavy atom. The summed E-state index contributed by atoms with van der Waals surface area (Å²) >= 11 is 5.49. The van der Waals surface area contributed by atoms with Crippen LogP contribution < -0.4 is 0 Å². The summed E-state index contributed by atoms with van der Waals surface area (Å²) in [6.07, 6.45) is 2.37. The zero-order valence-corrected chi connectivity index (χ0v) is 10.1. The third kappa shape index (κ3) is 3.35. The third-order valence-corrected chi connectivity index (χ3v) is 2.89. The average molecular weight is 225 g/mol. The molecule has 1 atom stereocenters. The van der Waals surface area contributed by atoms with Crippen molar-refractivity contribution in [3.8, 4) is 0 Å². The molecule has 0 heterocycles. The molecule has 0 saturated carbocycles. The predicted molar refractivity (Wildman–Crippen MR) is 64.8 cm³/mol. The van der Waals surface area contributed by atoms with E-state index in [0.29, 0.717) is 11.5 Å². The van der Waals surface area contributed by atoms with Crippen LogP contribution in [0.4, 0.5) is 0 Å². The Labute approximate surface area is 96.5 Å². The number of alkyl halides is 1. The summed E-state index contributed by atoms with van der Waals surface area (Å²) < 4.78 is 0. The van der Waals surface area contributed by atoms with Crippen LogP contribution in [0, 0.1) is 0 Å². The average Bonchev–Trinajstić information content (AvgIpc) is 2.28. The molecule has 0 aliphatic heterocycles. The van der Waals surface area contributed by atoms with Crippen molar-refractivity contribution in [2.24, 2.45) is 0 Å². The van der Waals surface area contributed by atoms with Gasteiger partial charge in [-0.3, -0.25) is 4.79 Å². The number of Topliss-reactive ketones (excluding diaryl/α,β-unsaturated/α-hetero) is 1. The molecule has 0 unspecified atom stereocenters. The van der Waals surface area contributed by atoms with Gasteiger partial charge in [0, 0.05) is 5.56 Å². The first kappa shape index (κ1) is 12.3. The van der Waals surface area contributed by atoms with E-state index in [1.165, 1.54) is 18.4 Å². The van der Waals surface area contributed by atoms with E-state index in [2.05, 4.69) is 13.8 Å². The quantitative estimate of drug-likeness (QED) is 0.546. The maximum Gasteiger partial charge on any atom is 0.177 e. The molecule has 0 aliphatic rings. The fourth-order valence-electron chi connectivity index (χ4n) is 1.67. The molecule has 0 bridgehead atoms. The zero-order valence-electron chi connectivity index (χ0n) is 9.29. The van der Waals surface area contributed by atoms with Crippen LogP contribution in [0.1, 0.15) is 48.5 Å². The highest BCUT2D eigenvalue weighted by Gasteiger charge is 2.06. The van der Waals surface area contributed by atoms with Gasteiger partial charge in [-0.05, 0) is 17.9 Å². The Bertz CT molecular complexity index is 316. The van der Waals surface area contributed by atoms with Gasteiger partial charge in [-0.15, -0.1) is 11.6 Å². The van der Waals surface area contributed by atoms with Crippen LogP contribution in [-0.4, -0.2) is 11.7 Å². The minimum Gasteiger partial charge on any atom is -0.293 e. The molecule has 0 fully saturated rings. The minimum absolute atomic E-state index is 0.00800. The van der Waals surface area contributed by atoms with Gasteiger partial charge in [-0.1, -0.05) is 44.5 Å². The lowest BCUT2D eigenvalue weighted by Gasteiger charge is -2.10. The molecule has 0 amide bonds. The molecule has 0 spiro atoms. The molecule has 0 aromatic heterocycles. The highest BCUT2D eigenvalue weighted by Crippen LogP contribution is 2.20. The Kier molecular flexibility index (Phi) is 4.83. The summed E-state index contributed by atoms with van der Waals surface area (Å²) in [5.74, 6) is 0.616. The van der Waals surface area contributed by atoms with Crippen LogP contribution in [0.3, 0.4) is 0 Å². The molecule has 1 nitrogen and oxygen atoms in total. The topological polar surface area (TPSA) is 17.1 Å². The summed E-state index contributed by atoms with van der Waals surface area (Å²) in [4.78, 5) is 11.3. The Balaban J connectivity index is 2.76. The molecule has 1 aromatic rings. The molecule has 0 saturated heterocycles. The molecule has 0 aliphatic carbocycles. The van der Waals surface area contributed by atoms with Crippen molar-refractivity contribution in [3.63, 3.8) is 0 Å². The first-order chi connectivity index (χ1) is 7.19. The maximum atomic E-state index is 11.3. The van der Waals surface area contributed by atoms with E-state index in [1.54, 1.807) is 0 Å². The first-order valence-corrected chi connectivity index (χ1v) is 5.91. The molecule has 2 heteroatoms. The maximum absolute atomic E-state index is 11.3. The van der Waals surface area contributed by atoms with Gasteiger partial charge in [0.1, 0.15) is 0 Å². The largest absolute Gasteiger partial charge is 0.293 e. The second-order valence-corrected chi connectivity index (χ2v) is 4.14. The molecule has 0 N–H and O–H groups in total. The number of rotatable bonds is 5. The highest BCUT2D eigenvalue weighted by molar-refractivity contribution is 6.30.